The predicted octanol–water partition coefficient (Wildman–Crippen LogP) is 2.27. The minimum absolute atomic E-state index is 0.301. The summed E-state index contributed by atoms with van der Waals surface area (Å²) >= 11 is 0. The Labute approximate surface area is 112 Å². The molecule has 0 aliphatic carbocycles. The highest BCUT2D eigenvalue weighted by atomic mass is 16.5. The van der Waals surface area contributed by atoms with Gasteiger partial charge in [0.15, 0.2) is 6.61 Å². The maximum Gasteiger partial charge on any atom is 0.228 e. The Bertz CT molecular complexity index is 506. The second-order valence-electron chi connectivity index (χ2n) is 4.66. The number of aromatic nitrogens is 2. The fourth-order valence-electron chi connectivity index (χ4n) is 1.67. The van der Waals surface area contributed by atoms with Gasteiger partial charge in [-0.25, -0.2) is 0 Å². The van der Waals surface area contributed by atoms with E-state index in [9.17, 15) is 0 Å². The summed E-state index contributed by atoms with van der Waals surface area (Å²) in [7, 11) is 0. The Morgan fingerprint density at radius 1 is 1.26 bits per heavy atom. The van der Waals surface area contributed by atoms with Crippen LogP contribution in [0.15, 0.2) is 28.8 Å². The molecule has 0 atom stereocenters. The van der Waals surface area contributed by atoms with Crippen LogP contribution >= 0.6 is 0 Å². The SMILES string of the molecule is CC(C)c1ccc(OCc2noc(CCN)n2)cc1. The standard InChI is InChI=1S/C14H19N3O2/c1-10(2)11-3-5-12(6-4-11)18-9-13-16-14(7-8-15)19-17-13/h3-6,10H,7-9,15H2,1-2H3. The van der Waals surface area contributed by atoms with Crippen molar-refractivity contribution in [3.63, 3.8) is 0 Å². The van der Waals surface area contributed by atoms with Crippen molar-refractivity contribution in [1.82, 2.24) is 10.1 Å². The van der Waals surface area contributed by atoms with Crippen molar-refractivity contribution in [2.75, 3.05) is 6.54 Å². The molecule has 1 aromatic carbocycles. The molecule has 0 radical (unpaired) electrons. The van der Waals surface area contributed by atoms with Crippen LogP contribution in [0.2, 0.25) is 0 Å². The molecule has 0 saturated heterocycles. The minimum Gasteiger partial charge on any atom is -0.485 e. The predicted molar refractivity (Wildman–Crippen MR) is 71.9 cm³/mol. The topological polar surface area (TPSA) is 74.2 Å². The molecule has 0 aliphatic heterocycles. The number of nitrogens with zero attached hydrogens (tertiary/aromatic N) is 2. The van der Waals surface area contributed by atoms with E-state index in [2.05, 4.69) is 36.1 Å². The average molecular weight is 261 g/mol. The molecule has 0 fully saturated rings. The second kappa shape index (κ2) is 6.33. The molecule has 19 heavy (non-hydrogen) atoms. The third-order valence-electron chi connectivity index (χ3n) is 2.78. The van der Waals surface area contributed by atoms with Crippen LogP contribution in [0.25, 0.3) is 0 Å². The van der Waals surface area contributed by atoms with Gasteiger partial charge in [-0.3, -0.25) is 0 Å². The van der Waals surface area contributed by atoms with Gasteiger partial charge >= 0.3 is 0 Å². The van der Waals surface area contributed by atoms with E-state index in [1.807, 2.05) is 12.1 Å². The highest BCUT2D eigenvalue weighted by Crippen LogP contribution is 2.19. The quantitative estimate of drug-likeness (QED) is 0.863. The average Bonchev–Trinajstić information content (AvgIpc) is 2.85. The van der Waals surface area contributed by atoms with E-state index in [1.165, 1.54) is 5.56 Å². The van der Waals surface area contributed by atoms with E-state index >= 15 is 0 Å². The molecule has 5 heteroatoms. The Morgan fingerprint density at radius 2 is 2.00 bits per heavy atom. The van der Waals surface area contributed by atoms with Crippen LogP contribution in [-0.4, -0.2) is 16.7 Å². The van der Waals surface area contributed by atoms with Gasteiger partial charge in [-0.05, 0) is 23.6 Å². The van der Waals surface area contributed by atoms with Crippen molar-refractivity contribution in [1.29, 1.82) is 0 Å². The van der Waals surface area contributed by atoms with Gasteiger partial charge in [-0.15, -0.1) is 0 Å². The smallest absolute Gasteiger partial charge is 0.228 e. The van der Waals surface area contributed by atoms with Crippen molar-refractivity contribution < 1.29 is 9.26 Å². The van der Waals surface area contributed by atoms with Gasteiger partial charge in [0.2, 0.25) is 11.7 Å². The first kappa shape index (κ1) is 13.5. The maximum atomic E-state index is 5.60. The van der Waals surface area contributed by atoms with Crippen LogP contribution in [0.3, 0.4) is 0 Å². The van der Waals surface area contributed by atoms with Crippen molar-refractivity contribution in [3.8, 4) is 5.75 Å². The maximum absolute atomic E-state index is 5.60. The number of hydrogen-bond donors (Lipinski definition) is 1. The summed E-state index contributed by atoms with van der Waals surface area (Å²) in [5.74, 6) is 2.41. The Morgan fingerprint density at radius 3 is 2.63 bits per heavy atom. The van der Waals surface area contributed by atoms with Gasteiger partial charge in [0, 0.05) is 13.0 Å². The van der Waals surface area contributed by atoms with E-state index in [4.69, 9.17) is 15.0 Å². The highest BCUT2D eigenvalue weighted by Gasteiger charge is 2.06. The summed E-state index contributed by atoms with van der Waals surface area (Å²) in [5, 5.41) is 3.83. The van der Waals surface area contributed by atoms with Crippen LogP contribution in [0.5, 0.6) is 5.75 Å². The highest BCUT2D eigenvalue weighted by molar-refractivity contribution is 5.28. The second-order valence-corrected chi connectivity index (χ2v) is 4.66. The Hall–Kier alpha value is -1.88. The largest absolute Gasteiger partial charge is 0.485 e. The lowest BCUT2D eigenvalue weighted by Gasteiger charge is -2.07. The van der Waals surface area contributed by atoms with Gasteiger partial charge in [0.05, 0.1) is 0 Å². The molecular formula is C14H19N3O2. The first-order chi connectivity index (χ1) is 9.19. The van der Waals surface area contributed by atoms with Crippen LogP contribution in [0, 0.1) is 0 Å². The zero-order valence-corrected chi connectivity index (χ0v) is 11.3. The summed E-state index contributed by atoms with van der Waals surface area (Å²) in [4.78, 5) is 4.18. The molecule has 0 bridgehead atoms. The summed E-state index contributed by atoms with van der Waals surface area (Å²) in [6, 6.07) is 8.04. The van der Waals surface area contributed by atoms with Gasteiger partial charge in [0.1, 0.15) is 5.75 Å². The van der Waals surface area contributed by atoms with Crippen molar-refractivity contribution in [3.05, 3.63) is 41.5 Å². The number of rotatable bonds is 6. The summed E-state index contributed by atoms with van der Waals surface area (Å²) in [5.41, 5.74) is 6.70. The summed E-state index contributed by atoms with van der Waals surface area (Å²) < 4.78 is 10.6. The molecule has 102 valence electrons. The molecule has 1 heterocycles. The molecule has 2 rings (SSSR count). The lowest BCUT2D eigenvalue weighted by atomic mass is 10.0. The van der Waals surface area contributed by atoms with E-state index in [0.29, 0.717) is 37.2 Å². The Kier molecular flexibility index (Phi) is 4.52. The normalized spacial score (nSPS) is 10.9. The first-order valence-electron chi connectivity index (χ1n) is 6.43. The number of nitrogens with two attached hydrogens (primary N) is 1. The molecule has 5 nitrogen and oxygen atoms in total. The first-order valence-corrected chi connectivity index (χ1v) is 6.43. The zero-order chi connectivity index (χ0) is 13.7. The van der Waals surface area contributed by atoms with Crippen LogP contribution in [0.4, 0.5) is 0 Å². The van der Waals surface area contributed by atoms with Crippen LogP contribution in [0.1, 0.15) is 37.0 Å². The fraction of sp³-hybridized carbons (Fsp3) is 0.429. The van der Waals surface area contributed by atoms with Gasteiger partial charge in [0.25, 0.3) is 0 Å². The minimum atomic E-state index is 0.301. The summed E-state index contributed by atoms with van der Waals surface area (Å²) in [6.45, 7) is 5.12. The third kappa shape index (κ3) is 3.79. The number of hydrogen-bond acceptors (Lipinski definition) is 5. The Balaban J connectivity index is 1.90. The van der Waals surface area contributed by atoms with Gasteiger partial charge < -0.3 is 15.0 Å². The molecular weight excluding hydrogens is 242 g/mol. The number of benzene rings is 1. The molecule has 0 unspecified atom stereocenters. The lowest BCUT2D eigenvalue weighted by Crippen LogP contribution is -2.03. The molecule has 0 aliphatic rings. The zero-order valence-electron chi connectivity index (χ0n) is 11.3. The van der Waals surface area contributed by atoms with Gasteiger partial charge in [-0.2, -0.15) is 4.98 Å². The van der Waals surface area contributed by atoms with Crippen LogP contribution < -0.4 is 10.5 Å². The van der Waals surface area contributed by atoms with Crippen LogP contribution in [-0.2, 0) is 13.0 Å². The molecule has 0 amide bonds. The third-order valence-corrected chi connectivity index (χ3v) is 2.78. The lowest BCUT2D eigenvalue weighted by molar-refractivity contribution is 0.285. The van der Waals surface area contributed by atoms with Crippen molar-refractivity contribution in [2.24, 2.45) is 5.73 Å². The van der Waals surface area contributed by atoms with Crippen molar-refractivity contribution in [2.45, 2.75) is 32.8 Å². The summed E-state index contributed by atoms with van der Waals surface area (Å²) in [6.07, 6.45) is 0.593. The van der Waals surface area contributed by atoms with Crippen molar-refractivity contribution >= 4 is 0 Å². The van der Waals surface area contributed by atoms with Gasteiger partial charge in [-0.1, -0.05) is 31.1 Å². The van der Waals surface area contributed by atoms with E-state index in [0.717, 1.165) is 5.75 Å². The molecule has 2 N–H and O–H groups in total. The molecule has 1 aromatic heterocycles. The van der Waals surface area contributed by atoms with E-state index in [1.54, 1.807) is 0 Å². The van der Waals surface area contributed by atoms with E-state index < -0.39 is 0 Å². The number of ether oxygens (including phenoxy) is 1. The monoisotopic (exact) mass is 261 g/mol. The van der Waals surface area contributed by atoms with E-state index in [-0.39, 0.29) is 0 Å². The molecule has 0 spiro atoms. The fourth-order valence-corrected chi connectivity index (χ4v) is 1.67. The molecule has 0 saturated carbocycles. The molecule has 2 aromatic rings.